The minimum absolute atomic E-state index is 0.107. The molecule has 10 nitrogen and oxygen atoms in total. The number of fused-ring (bicyclic) bond motifs is 2. The quantitative estimate of drug-likeness (QED) is 0.412. The predicted molar refractivity (Wildman–Crippen MR) is 141 cm³/mol. The smallest absolute Gasteiger partial charge is 0.303 e. The molecule has 1 aliphatic heterocycles. The van der Waals surface area contributed by atoms with Crippen molar-refractivity contribution in [3.8, 4) is 11.5 Å². The number of carbonyl (C=O) groups excluding carboxylic acids is 4. The Morgan fingerprint density at radius 3 is 2.41 bits per heavy atom. The van der Waals surface area contributed by atoms with Crippen LogP contribution < -0.4 is 10.1 Å². The van der Waals surface area contributed by atoms with Crippen LogP contribution in [-0.2, 0) is 35.2 Å². The van der Waals surface area contributed by atoms with E-state index in [1.54, 1.807) is 67.0 Å². The zero-order valence-electron chi connectivity index (χ0n) is 21.4. The van der Waals surface area contributed by atoms with E-state index in [4.69, 9.17) is 25.8 Å². The van der Waals surface area contributed by atoms with Gasteiger partial charge >= 0.3 is 11.9 Å². The van der Waals surface area contributed by atoms with Crippen LogP contribution in [0.25, 0.3) is 0 Å². The molecule has 2 heterocycles. The van der Waals surface area contributed by atoms with E-state index in [2.05, 4.69) is 10.3 Å². The van der Waals surface area contributed by atoms with E-state index in [9.17, 15) is 19.2 Å². The number of esters is 2. The Morgan fingerprint density at radius 1 is 1.00 bits per heavy atom. The minimum atomic E-state index is -1.78. The van der Waals surface area contributed by atoms with E-state index in [1.165, 1.54) is 11.9 Å². The van der Waals surface area contributed by atoms with Crippen LogP contribution in [0.3, 0.4) is 0 Å². The van der Waals surface area contributed by atoms with Crippen LogP contribution in [0.1, 0.15) is 31.0 Å². The Labute approximate surface area is 229 Å². The molecule has 39 heavy (non-hydrogen) atoms. The highest BCUT2D eigenvalue weighted by molar-refractivity contribution is 6.31. The molecule has 11 heteroatoms. The molecule has 4 rings (SSSR count). The second-order valence-corrected chi connectivity index (χ2v) is 9.31. The van der Waals surface area contributed by atoms with Crippen molar-refractivity contribution in [2.45, 2.75) is 38.6 Å². The normalized spacial score (nSPS) is 15.1. The van der Waals surface area contributed by atoms with Gasteiger partial charge in [-0.05, 0) is 35.9 Å². The summed E-state index contributed by atoms with van der Waals surface area (Å²) >= 11 is 6.19. The summed E-state index contributed by atoms with van der Waals surface area (Å²) < 4.78 is 16.7. The maximum atomic E-state index is 14.2. The number of hydrogen-bond donors (Lipinski definition) is 1. The fourth-order valence-corrected chi connectivity index (χ4v) is 4.36. The van der Waals surface area contributed by atoms with Crippen molar-refractivity contribution in [1.82, 2.24) is 9.88 Å². The SMILES string of the molecule is CC(=O)O[C@H](C(=O)C1Nc2cc(Cl)ccc2Oc2ccccc21)[C@H](OC(C)=O)C(=O)N(C)Cc1cccnc1. The Morgan fingerprint density at radius 2 is 1.72 bits per heavy atom. The number of para-hydroxylation sites is 1. The van der Waals surface area contributed by atoms with E-state index in [1.807, 2.05) is 0 Å². The van der Waals surface area contributed by atoms with Crippen molar-refractivity contribution in [3.63, 3.8) is 0 Å². The summed E-state index contributed by atoms with van der Waals surface area (Å²) in [5.41, 5.74) is 1.53. The number of Topliss-reactive ketones (excluding diaryl/α,β-unsaturated/α-hetero) is 1. The third kappa shape index (κ3) is 6.53. The molecule has 3 atom stereocenters. The lowest BCUT2D eigenvalue weighted by molar-refractivity contribution is -0.177. The molecule has 1 aromatic heterocycles. The molecule has 202 valence electrons. The first kappa shape index (κ1) is 27.6. The lowest BCUT2D eigenvalue weighted by Crippen LogP contribution is -2.52. The number of ether oxygens (including phenoxy) is 3. The lowest BCUT2D eigenvalue weighted by Gasteiger charge is -2.30. The van der Waals surface area contributed by atoms with E-state index >= 15 is 0 Å². The van der Waals surface area contributed by atoms with Crippen LogP contribution >= 0.6 is 11.6 Å². The van der Waals surface area contributed by atoms with Crippen LogP contribution in [-0.4, -0.2) is 52.8 Å². The number of benzene rings is 2. The minimum Gasteiger partial charge on any atom is -0.455 e. The molecule has 0 aliphatic carbocycles. The van der Waals surface area contributed by atoms with Crippen molar-refractivity contribution in [2.75, 3.05) is 12.4 Å². The zero-order valence-corrected chi connectivity index (χ0v) is 22.2. The number of nitrogens with one attached hydrogen (secondary N) is 1. The van der Waals surface area contributed by atoms with E-state index in [0.29, 0.717) is 33.3 Å². The van der Waals surface area contributed by atoms with Gasteiger partial charge in [0.1, 0.15) is 11.8 Å². The summed E-state index contributed by atoms with van der Waals surface area (Å²) in [5, 5.41) is 3.49. The molecule has 1 amide bonds. The van der Waals surface area contributed by atoms with Crippen molar-refractivity contribution in [3.05, 3.63) is 83.1 Å². The van der Waals surface area contributed by atoms with Gasteiger partial charge in [0, 0.05) is 50.4 Å². The monoisotopic (exact) mass is 551 g/mol. The average Bonchev–Trinajstić information content (AvgIpc) is 3.06. The van der Waals surface area contributed by atoms with Gasteiger partial charge in [0.25, 0.3) is 5.91 Å². The number of hydrogen-bond acceptors (Lipinski definition) is 9. The molecule has 0 saturated heterocycles. The lowest BCUT2D eigenvalue weighted by atomic mass is 9.94. The number of likely N-dealkylation sites (N-methyl/N-ethyl adjacent to an activating group) is 1. The topological polar surface area (TPSA) is 124 Å². The highest BCUT2D eigenvalue weighted by atomic mass is 35.5. The number of pyridine rings is 1. The molecule has 0 saturated carbocycles. The third-order valence-electron chi connectivity index (χ3n) is 5.88. The van der Waals surface area contributed by atoms with Gasteiger partial charge in [-0.3, -0.25) is 24.2 Å². The predicted octanol–water partition coefficient (Wildman–Crippen LogP) is 4.09. The van der Waals surface area contributed by atoms with Crippen LogP contribution in [0.4, 0.5) is 5.69 Å². The van der Waals surface area contributed by atoms with Gasteiger partial charge in [0.2, 0.25) is 18.0 Å². The number of carbonyl (C=O) groups is 4. The standard InChI is InChI=1S/C28H26ClN3O7/c1-16(33)37-26(27(38-17(2)34)28(36)32(3)15-18-7-6-12-30-14-18)25(35)24-20-8-4-5-9-22(20)39-23-11-10-19(29)13-21(23)31-24/h4-14,24,26-27,31H,15H2,1-3H3/t24?,26-,27+/m1/s1. The first-order valence-corrected chi connectivity index (χ1v) is 12.4. The Balaban J connectivity index is 1.74. The molecule has 0 radical (unpaired) electrons. The van der Waals surface area contributed by atoms with Gasteiger partial charge in [-0.1, -0.05) is 35.9 Å². The van der Waals surface area contributed by atoms with Crippen LogP contribution in [0.5, 0.6) is 11.5 Å². The number of anilines is 1. The maximum Gasteiger partial charge on any atom is 0.303 e. The largest absolute Gasteiger partial charge is 0.455 e. The summed E-state index contributed by atoms with van der Waals surface area (Å²) in [6.45, 7) is 2.30. The summed E-state index contributed by atoms with van der Waals surface area (Å²) in [7, 11) is 1.48. The second-order valence-electron chi connectivity index (χ2n) is 8.88. The van der Waals surface area contributed by atoms with Gasteiger partial charge in [-0.2, -0.15) is 0 Å². The molecular formula is C28H26ClN3O7. The number of aromatic nitrogens is 1. The summed E-state index contributed by atoms with van der Waals surface area (Å²) in [6, 6.07) is 14.0. The van der Waals surface area contributed by atoms with Gasteiger partial charge in [0.05, 0.1) is 5.69 Å². The van der Waals surface area contributed by atoms with Gasteiger partial charge in [0.15, 0.2) is 5.75 Å². The van der Waals surface area contributed by atoms with E-state index in [0.717, 1.165) is 13.8 Å². The molecule has 0 fully saturated rings. The molecule has 1 aliphatic rings. The fraction of sp³-hybridized carbons (Fsp3) is 0.250. The third-order valence-corrected chi connectivity index (χ3v) is 6.11. The first-order chi connectivity index (χ1) is 18.6. The molecular weight excluding hydrogens is 526 g/mol. The van der Waals surface area contributed by atoms with Gasteiger partial charge in [-0.25, -0.2) is 0 Å². The zero-order chi connectivity index (χ0) is 28.1. The summed E-state index contributed by atoms with van der Waals surface area (Å²) in [5.74, 6) is -2.36. The number of ketones is 1. The van der Waals surface area contributed by atoms with Crippen molar-refractivity contribution >= 4 is 40.9 Å². The van der Waals surface area contributed by atoms with E-state index in [-0.39, 0.29) is 6.54 Å². The highest BCUT2D eigenvalue weighted by Crippen LogP contribution is 2.42. The Kier molecular flexibility index (Phi) is 8.46. The van der Waals surface area contributed by atoms with Crippen LogP contribution in [0.2, 0.25) is 5.02 Å². The fourth-order valence-electron chi connectivity index (χ4n) is 4.19. The Bertz CT molecular complexity index is 1400. The molecule has 3 aromatic rings. The highest BCUT2D eigenvalue weighted by Gasteiger charge is 2.45. The molecule has 1 N–H and O–H groups in total. The first-order valence-electron chi connectivity index (χ1n) is 12.0. The van der Waals surface area contributed by atoms with Gasteiger partial charge in [-0.15, -0.1) is 0 Å². The van der Waals surface area contributed by atoms with Gasteiger partial charge < -0.3 is 24.4 Å². The maximum absolute atomic E-state index is 14.2. The van der Waals surface area contributed by atoms with Crippen molar-refractivity contribution < 1.29 is 33.4 Å². The number of amides is 1. The van der Waals surface area contributed by atoms with Crippen molar-refractivity contribution in [1.29, 1.82) is 0 Å². The number of rotatable bonds is 8. The molecule has 1 unspecified atom stereocenters. The Hall–Kier alpha value is -4.44. The van der Waals surface area contributed by atoms with Crippen molar-refractivity contribution in [2.24, 2.45) is 0 Å². The molecule has 0 bridgehead atoms. The second kappa shape index (κ2) is 12.0. The number of nitrogens with zero attached hydrogens (tertiary/aromatic N) is 2. The molecule has 2 aromatic carbocycles. The summed E-state index contributed by atoms with van der Waals surface area (Å²) in [6.07, 6.45) is -0.359. The average molecular weight is 552 g/mol. The van der Waals surface area contributed by atoms with E-state index < -0.39 is 41.9 Å². The van der Waals surface area contributed by atoms with Crippen LogP contribution in [0.15, 0.2) is 67.0 Å². The summed E-state index contributed by atoms with van der Waals surface area (Å²) in [4.78, 5) is 57.3. The molecule has 0 spiro atoms. The van der Waals surface area contributed by atoms with Crippen LogP contribution in [0, 0.1) is 0 Å². The number of halogens is 1.